The van der Waals surface area contributed by atoms with E-state index in [1.807, 2.05) is 58.3 Å². The number of rotatable bonds is 5. The minimum Gasteiger partial charge on any atom is -0.481 e. The molecule has 4 heteroatoms. The predicted octanol–water partition coefficient (Wildman–Crippen LogP) is 3.05. The van der Waals surface area contributed by atoms with Crippen LogP contribution in [0.15, 0.2) is 30.3 Å². The zero-order chi connectivity index (χ0) is 16.5. The van der Waals surface area contributed by atoms with Gasteiger partial charge in [0.1, 0.15) is 0 Å². The van der Waals surface area contributed by atoms with Gasteiger partial charge in [-0.05, 0) is 32.0 Å². The van der Waals surface area contributed by atoms with Crippen molar-refractivity contribution in [1.29, 1.82) is 5.26 Å². The minimum absolute atomic E-state index is 0.243. The van der Waals surface area contributed by atoms with Gasteiger partial charge in [-0.3, -0.25) is 4.79 Å². The molecule has 0 heterocycles. The van der Waals surface area contributed by atoms with Gasteiger partial charge in [0.2, 0.25) is 0 Å². The molecule has 1 aromatic rings. The number of nitrogens with zero attached hydrogens (tertiary/aromatic N) is 1. The first kappa shape index (κ1) is 19.1. The summed E-state index contributed by atoms with van der Waals surface area (Å²) >= 11 is 0. The van der Waals surface area contributed by atoms with Crippen molar-refractivity contribution in [2.24, 2.45) is 11.8 Å². The fourth-order valence-electron chi connectivity index (χ4n) is 2.41. The zero-order valence-electron chi connectivity index (χ0n) is 13.6. The Morgan fingerprint density at radius 3 is 2.14 bits per heavy atom. The molecule has 0 fully saturated rings. The molecule has 21 heavy (non-hydrogen) atoms. The van der Waals surface area contributed by atoms with E-state index in [-0.39, 0.29) is 5.92 Å². The molecule has 1 rings (SSSR count). The first-order chi connectivity index (χ1) is 9.91. The monoisotopic (exact) mass is 290 g/mol. The molecule has 116 valence electrons. The maximum absolute atomic E-state index is 11.1. The van der Waals surface area contributed by atoms with Crippen LogP contribution in [0.2, 0.25) is 0 Å². The molecular formula is C17H26N2O2. The molecule has 3 atom stereocenters. The molecule has 2 N–H and O–H groups in total. The minimum atomic E-state index is -0.855. The number of carboxylic acids is 1. The van der Waals surface area contributed by atoms with Crippen molar-refractivity contribution in [2.75, 3.05) is 14.1 Å². The lowest BCUT2D eigenvalue weighted by Gasteiger charge is -2.34. The van der Waals surface area contributed by atoms with E-state index in [1.54, 1.807) is 6.92 Å². The molecule has 0 aliphatic rings. The Balaban J connectivity index is 0.00000122. The second kappa shape index (κ2) is 9.15. The van der Waals surface area contributed by atoms with Gasteiger partial charge in [0, 0.05) is 0 Å². The summed E-state index contributed by atoms with van der Waals surface area (Å²) in [4.78, 5) is 11.1. The van der Waals surface area contributed by atoms with Gasteiger partial charge in [-0.15, -0.1) is 0 Å². The van der Waals surface area contributed by atoms with E-state index >= 15 is 0 Å². The van der Waals surface area contributed by atoms with Crippen molar-refractivity contribution >= 4 is 5.97 Å². The van der Waals surface area contributed by atoms with E-state index < -0.39 is 17.3 Å². The molecule has 1 aromatic carbocycles. The number of carbonyl (C=O) groups is 1. The SMILES string of the molecule is CCC(C#N)(c1ccccc1)C(C)C(C)C(=O)O.CNC. The lowest BCUT2D eigenvalue weighted by Crippen LogP contribution is -2.38. The highest BCUT2D eigenvalue weighted by molar-refractivity contribution is 5.70. The van der Waals surface area contributed by atoms with Gasteiger partial charge in [-0.25, -0.2) is 0 Å². The van der Waals surface area contributed by atoms with Gasteiger partial charge in [0.15, 0.2) is 0 Å². The predicted molar refractivity (Wildman–Crippen MR) is 85.0 cm³/mol. The van der Waals surface area contributed by atoms with Crippen molar-refractivity contribution < 1.29 is 9.90 Å². The Morgan fingerprint density at radius 2 is 1.81 bits per heavy atom. The van der Waals surface area contributed by atoms with Crippen LogP contribution in [0.25, 0.3) is 0 Å². The van der Waals surface area contributed by atoms with E-state index in [2.05, 4.69) is 11.4 Å². The number of hydrogen-bond acceptors (Lipinski definition) is 3. The van der Waals surface area contributed by atoms with Crippen LogP contribution in [0.3, 0.4) is 0 Å². The van der Waals surface area contributed by atoms with Crippen molar-refractivity contribution in [3.05, 3.63) is 35.9 Å². The highest BCUT2D eigenvalue weighted by Crippen LogP contribution is 2.39. The Hall–Kier alpha value is -1.86. The maximum Gasteiger partial charge on any atom is 0.306 e. The normalized spacial score (nSPS) is 15.6. The quantitative estimate of drug-likeness (QED) is 0.874. The second-order valence-electron chi connectivity index (χ2n) is 5.22. The van der Waals surface area contributed by atoms with E-state index in [9.17, 15) is 10.1 Å². The van der Waals surface area contributed by atoms with Gasteiger partial charge in [0.05, 0.1) is 17.4 Å². The van der Waals surface area contributed by atoms with E-state index in [4.69, 9.17) is 5.11 Å². The topological polar surface area (TPSA) is 73.1 Å². The molecule has 3 unspecified atom stereocenters. The highest BCUT2D eigenvalue weighted by Gasteiger charge is 2.41. The molecule has 0 amide bonds. The lowest BCUT2D eigenvalue weighted by molar-refractivity contribution is -0.143. The van der Waals surface area contributed by atoms with Crippen molar-refractivity contribution in [2.45, 2.75) is 32.6 Å². The average molecular weight is 290 g/mol. The Labute approximate surface area is 127 Å². The van der Waals surface area contributed by atoms with Gasteiger partial charge in [-0.1, -0.05) is 51.1 Å². The average Bonchev–Trinajstić information content (AvgIpc) is 2.50. The summed E-state index contributed by atoms with van der Waals surface area (Å²) < 4.78 is 0. The van der Waals surface area contributed by atoms with Crippen LogP contribution in [-0.2, 0) is 10.2 Å². The third-order valence-corrected chi connectivity index (χ3v) is 3.96. The maximum atomic E-state index is 11.1. The molecule has 0 bridgehead atoms. The summed E-state index contributed by atoms with van der Waals surface area (Å²) in [7, 11) is 3.75. The van der Waals surface area contributed by atoms with Crippen molar-refractivity contribution in [1.82, 2.24) is 5.32 Å². The number of nitrogens with one attached hydrogen (secondary N) is 1. The van der Waals surface area contributed by atoms with Crippen LogP contribution < -0.4 is 5.32 Å². The van der Waals surface area contributed by atoms with Gasteiger partial charge >= 0.3 is 5.97 Å². The van der Waals surface area contributed by atoms with Crippen molar-refractivity contribution in [3.63, 3.8) is 0 Å². The Kier molecular flexibility index (Phi) is 8.34. The Morgan fingerprint density at radius 1 is 1.33 bits per heavy atom. The largest absolute Gasteiger partial charge is 0.481 e. The standard InChI is InChI=1S/C15H19NO2.C2H7N/c1-4-15(10-16,12(3)11(2)14(17)18)13-8-6-5-7-9-13;1-3-2/h5-9,11-12H,4H2,1-3H3,(H,17,18);3H,1-2H3. The summed E-state index contributed by atoms with van der Waals surface area (Å²) in [6.07, 6.45) is 0.603. The first-order valence-corrected chi connectivity index (χ1v) is 7.19. The number of benzene rings is 1. The summed E-state index contributed by atoms with van der Waals surface area (Å²) in [5.74, 6) is -1.65. The third-order valence-electron chi connectivity index (χ3n) is 3.96. The van der Waals surface area contributed by atoms with E-state index in [0.29, 0.717) is 6.42 Å². The summed E-state index contributed by atoms with van der Waals surface area (Å²) in [6, 6.07) is 11.8. The fraction of sp³-hybridized carbons (Fsp3) is 0.529. The Bertz CT molecular complexity index is 467. The number of carboxylic acid groups (broad SMARTS) is 1. The molecule has 0 aliphatic heterocycles. The molecular weight excluding hydrogens is 264 g/mol. The zero-order valence-corrected chi connectivity index (χ0v) is 13.6. The van der Waals surface area contributed by atoms with Crippen LogP contribution in [-0.4, -0.2) is 25.2 Å². The fourth-order valence-corrected chi connectivity index (χ4v) is 2.41. The molecule has 0 saturated carbocycles. The first-order valence-electron chi connectivity index (χ1n) is 7.19. The van der Waals surface area contributed by atoms with Gasteiger partial charge in [0.25, 0.3) is 0 Å². The molecule has 0 saturated heterocycles. The van der Waals surface area contributed by atoms with Gasteiger partial charge < -0.3 is 10.4 Å². The third kappa shape index (κ3) is 4.57. The van der Waals surface area contributed by atoms with Crippen LogP contribution in [0, 0.1) is 23.2 Å². The molecule has 0 spiro atoms. The second-order valence-corrected chi connectivity index (χ2v) is 5.22. The van der Waals surface area contributed by atoms with E-state index in [1.165, 1.54) is 0 Å². The smallest absolute Gasteiger partial charge is 0.306 e. The van der Waals surface area contributed by atoms with Gasteiger partial charge in [-0.2, -0.15) is 5.26 Å². The molecule has 4 nitrogen and oxygen atoms in total. The van der Waals surface area contributed by atoms with Crippen LogP contribution >= 0.6 is 0 Å². The number of nitriles is 1. The van der Waals surface area contributed by atoms with Crippen LogP contribution in [0.1, 0.15) is 32.8 Å². The summed E-state index contributed by atoms with van der Waals surface area (Å²) in [5, 5.41) is 21.5. The summed E-state index contributed by atoms with van der Waals surface area (Å²) in [6.45, 7) is 5.44. The number of aliphatic carboxylic acids is 1. The molecule has 0 aliphatic carbocycles. The van der Waals surface area contributed by atoms with Crippen LogP contribution in [0.5, 0.6) is 0 Å². The lowest BCUT2D eigenvalue weighted by atomic mass is 9.66. The number of hydrogen-bond donors (Lipinski definition) is 2. The molecule has 0 radical (unpaired) electrons. The molecule has 0 aromatic heterocycles. The summed E-state index contributed by atoms with van der Waals surface area (Å²) in [5.41, 5.74) is 0.162. The highest BCUT2D eigenvalue weighted by atomic mass is 16.4. The van der Waals surface area contributed by atoms with E-state index in [0.717, 1.165) is 5.56 Å². The van der Waals surface area contributed by atoms with Crippen LogP contribution in [0.4, 0.5) is 0 Å². The van der Waals surface area contributed by atoms with Crippen molar-refractivity contribution in [3.8, 4) is 6.07 Å².